The second kappa shape index (κ2) is 5.44. The lowest BCUT2D eigenvalue weighted by atomic mass is 10.1. The summed E-state index contributed by atoms with van der Waals surface area (Å²) in [6.07, 6.45) is 1.21. The molecule has 0 atom stereocenters. The number of amides is 1. The Balaban J connectivity index is 2.59. The van der Waals surface area contributed by atoms with Gasteiger partial charge in [0.05, 0.1) is 0 Å². The summed E-state index contributed by atoms with van der Waals surface area (Å²) in [7, 11) is 0. The fourth-order valence-electron chi connectivity index (χ4n) is 1.54. The topological polar surface area (TPSA) is 62.7 Å². The molecule has 0 aliphatic carbocycles. The molecule has 6 heteroatoms. The highest BCUT2D eigenvalue weighted by atomic mass is 32.1. The first-order valence-corrected chi connectivity index (χ1v) is 6.19. The molecule has 0 unspecified atom stereocenters. The van der Waals surface area contributed by atoms with Gasteiger partial charge in [0.1, 0.15) is 5.82 Å². The van der Waals surface area contributed by atoms with Gasteiger partial charge in [-0.2, -0.15) is 5.10 Å². The summed E-state index contributed by atoms with van der Waals surface area (Å²) in [6, 6.07) is 0. The number of aromatic amines is 1. The normalized spacial score (nSPS) is 11.5. The predicted octanol–water partition coefficient (Wildman–Crippen LogP) is 1.81. The number of aromatic nitrogens is 3. The van der Waals surface area contributed by atoms with Crippen LogP contribution in [0.3, 0.4) is 0 Å². The molecule has 1 aromatic heterocycles. The maximum atomic E-state index is 11.7. The Morgan fingerprint density at radius 2 is 2.18 bits per heavy atom. The van der Waals surface area contributed by atoms with Gasteiger partial charge in [-0.1, -0.05) is 6.92 Å². The predicted molar refractivity (Wildman–Crippen MR) is 69.3 cm³/mol. The van der Waals surface area contributed by atoms with Gasteiger partial charge in [0.2, 0.25) is 5.91 Å². The molecule has 17 heavy (non-hydrogen) atoms. The van der Waals surface area contributed by atoms with E-state index in [2.05, 4.69) is 15.5 Å². The van der Waals surface area contributed by atoms with E-state index < -0.39 is 0 Å². The zero-order valence-corrected chi connectivity index (χ0v) is 11.6. The highest BCUT2D eigenvalue weighted by molar-refractivity contribution is 7.71. The first-order chi connectivity index (χ1) is 7.83. The van der Waals surface area contributed by atoms with Crippen LogP contribution >= 0.6 is 12.2 Å². The van der Waals surface area contributed by atoms with Crippen molar-refractivity contribution in [1.29, 1.82) is 0 Å². The Hall–Kier alpha value is -1.17. The fourth-order valence-corrected chi connectivity index (χ4v) is 1.79. The van der Waals surface area contributed by atoms with Crippen molar-refractivity contribution in [2.75, 3.05) is 0 Å². The summed E-state index contributed by atoms with van der Waals surface area (Å²) in [5.74, 6) is 0.918. The molecule has 0 saturated carbocycles. The molecule has 0 spiro atoms. The molecular formula is C11H20N4OS. The molecule has 2 N–H and O–H groups in total. The number of carbonyl (C=O) groups is 1. The van der Waals surface area contributed by atoms with Crippen molar-refractivity contribution in [3.05, 3.63) is 10.6 Å². The van der Waals surface area contributed by atoms with Gasteiger partial charge in [0.15, 0.2) is 4.77 Å². The van der Waals surface area contributed by atoms with Gasteiger partial charge in [0, 0.05) is 24.9 Å². The minimum atomic E-state index is -0.192. The van der Waals surface area contributed by atoms with Gasteiger partial charge >= 0.3 is 0 Å². The number of hydrogen-bond donors (Lipinski definition) is 2. The number of nitrogens with zero attached hydrogens (tertiary/aromatic N) is 2. The Morgan fingerprint density at radius 3 is 2.71 bits per heavy atom. The maximum Gasteiger partial charge on any atom is 0.222 e. The van der Waals surface area contributed by atoms with Gasteiger partial charge in [-0.25, -0.2) is 0 Å². The van der Waals surface area contributed by atoms with E-state index >= 15 is 0 Å². The number of H-pyrrole nitrogens is 1. The van der Waals surface area contributed by atoms with Crippen LogP contribution in [0.2, 0.25) is 0 Å². The van der Waals surface area contributed by atoms with Gasteiger partial charge in [-0.3, -0.25) is 9.89 Å². The number of rotatable bonds is 4. The molecule has 0 radical (unpaired) electrons. The van der Waals surface area contributed by atoms with Crippen LogP contribution in [-0.4, -0.2) is 26.2 Å². The molecule has 0 bridgehead atoms. The minimum absolute atomic E-state index is 0.0302. The Morgan fingerprint density at radius 1 is 1.53 bits per heavy atom. The van der Waals surface area contributed by atoms with E-state index in [0.29, 0.717) is 17.7 Å². The molecule has 0 aromatic carbocycles. The lowest BCUT2D eigenvalue weighted by molar-refractivity contribution is -0.122. The van der Waals surface area contributed by atoms with Crippen molar-refractivity contribution in [1.82, 2.24) is 20.1 Å². The fraction of sp³-hybridized carbons (Fsp3) is 0.727. The van der Waals surface area contributed by atoms with Crippen molar-refractivity contribution >= 4 is 18.1 Å². The van der Waals surface area contributed by atoms with E-state index in [4.69, 9.17) is 12.2 Å². The SMILES string of the molecule is CCc1n[nH]c(=S)n1CCC(=O)NC(C)(C)C. The van der Waals surface area contributed by atoms with Crippen LogP contribution in [0.1, 0.15) is 39.9 Å². The van der Waals surface area contributed by atoms with Crippen LogP contribution < -0.4 is 5.32 Å². The molecule has 1 aromatic rings. The summed E-state index contributed by atoms with van der Waals surface area (Å²) < 4.78 is 2.45. The monoisotopic (exact) mass is 256 g/mol. The highest BCUT2D eigenvalue weighted by Gasteiger charge is 2.14. The highest BCUT2D eigenvalue weighted by Crippen LogP contribution is 2.03. The third kappa shape index (κ3) is 4.30. The van der Waals surface area contributed by atoms with Crippen LogP contribution in [0.4, 0.5) is 0 Å². The summed E-state index contributed by atoms with van der Waals surface area (Å²) in [4.78, 5) is 11.7. The van der Waals surface area contributed by atoms with Crippen LogP contribution in [0.25, 0.3) is 0 Å². The molecule has 0 aliphatic rings. The van der Waals surface area contributed by atoms with Crippen LogP contribution in [0.15, 0.2) is 0 Å². The first-order valence-electron chi connectivity index (χ1n) is 5.78. The van der Waals surface area contributed by atoms with E-state index in [1.54, 1.807) is 0 Å². The molecule has 1 rings (SSSR count). The van der Waals surface area contributed by atoms with E-state index in [1.807, 2.05) is 32.3 Å². The van der Waals surface area contributed by atoms with Crippen molar-refractivity contribution < 1.29 is 4.79 Å². The molecule has 5 nitrogen and oxygen atoms in total. The van der Waals surface area contributed by atoms with Crippen molar-refractivity contribution in [3.63, 3.8) is 0 Å². The lowest BCUT2D eigenvalue weighted by Crippen LogP contribution is -2.40. The van der Waals surface area contributed by atoms with Crippen molar-refractivity contribution in [2.24, 2.45) is 0 Å². The molecular weight excluding hydrogens is 236 g/mol. The van der Waals surface area contributed by atoms with Gasteiger partial charge in [-0.05, 0) is 33.0 Å². The average molecular weight is 256 g/mol. The molecule has 1 heterocycles. The van der Waals surface area contributed by atoms with Crippen LogP contribution in [0, 0.1) is 4.77 Å². The Bertz CT molecular complexity index is 441. The molecule has 0 saturated heterocycles. The van der Waals surface area contributed by atoms with Gasteiger partial charge < -0.3 is 9.88 Å². The maximum absolute atomic E-state index is 11.7. The largest absolute Gasteiger partial charge is 0.351 e. The number of hydrogen-bond acceptors (Lipinski definition) is 3. The lowest BCUT2D eigenvalue weighted by Gasteiger charge is -2.20. The Labute approximate surface area is 107 Å². The minimum Gasteiger partial charge on any atom is -0.351 e. The zero-order chi connectivity index (χ0) is 13.1. The number of nitrogens with one attached hydrogen (secondary N) is 2. The standard InChI is InChI=1S/C11H20N4OS/c1-5-8-13-14-10(17)15(8)7-6-9(16)12-11(2,3)4/h5-7H2,1-4H3,(H,12,16)(H,14,17). The van der Waals surface area contributed by atoms with E-state index in [9.17, 15) is 4.79 Å². The van der Waals surface area contributed by atoms with Gasteiger partial charge in [-0.15, -0.1) is 0 Å². The van der Waals surface area contributed by atoms with E-state index in [0.717, 1.165) is 12.2 Å². The molecule has 0 fully saturated rings. The third-order valence-corrected chi connectivity index (χ3v) is 2.54. The summed E-state index contributed by atoms with van der Waals surface area (Å²) in [6.45, 7) is 8.47. The van der Waals surface area contributed by atoms with E-state index in [-0.39, 0.29) is 11.4 Å². The molecule has 96 valence electrons. The van der Waals surface area contributed by atoms with Crippen LogP contribution in [0.5, 0.6) is 0 Å². The smallest absolute Gasteiger partial charge is 0.222 e. The second-order valence-corrected chi connectivity index (χ2v) is 5.39. The molecule has 0 aliphatic heterocycles. The molecule has 1 amide bonds. The second-order valence-electron chi connectivity index (χ2n) is 5.00. The Kier molecular flexibility index (Phi) is 4.45. The van der Waals surface area contributed by atoms with E-state index in [1.165, 1.54) is 0 Å². The summed E-state index contributed by atoms with van der Waals surface area (Å²) >= 11 is 5.11. The van der Waals surface area contributed by atoms with Gasteiger partial charge in [0.25, 0.3) is 0 Å². The average Bonchev–Trinajstić information content (AvgIpc) is 2.53. The zero-order valence-electron chi connectivity index (χ0n) is 10.8. The quantitative estimate of drug-likeness (QED) is 0.808. The van der Waals surface area contributed by atoms with Crippen molar-refractivity contribution in [3.8, 4) is 0 Å². The summed E-state index contributed by atoms with van der Waals surface area (Å²) in [5.41, 5.74) is -0.192. The first kappa shape index (κ1) is 13.9. The third-order valence-electron chi connectivity index (χ3n) is 2.23. The number of aryl methyl sites for hydroxylation is 1. The van der Waals surface area contributed by atoms with Crippen LogP contribution in [-0.2, 0) is 17.8 Å². The van der Waals surface area contributed by atoms with Crippen molar-refractivity contribution in [2.45, 2.75) is 52.6 Å². The number of carbonyl (C=O) groups excluding carboxylic acids is 1. The summed E-state index contributed by atoms with van der Waals surface area (Å²) in [5, 5.41) is 9.77.